The van der Waals surface area contributed by atoms with E-state index in [0.29, 0.717) is 18.5 Å². The predicted octanol–water partition coefficient (Wildman–Crippen LogP) is 1.66. The van der Waals surface area contributed by atoms with Gasteiger partial charge in [-0.3, -0.25) is 0 Å². The Bertz CT molecular complexity index is 1310. The van der Waals surface area contributed by atoms with Gasteiger partial charge in [-0.05, 0) is 33.3 Å². The molecular formula is C22H26F2N6O4S. The van der Waals surface area contributed by atoms with E-state index in [2.05, 4.69) is 20.3 Å². The molecule has 10 nitrogen and oxygen atoms in total. The van der Waals surface area contributed by atoms with Gasteiger partial charge in [0.1, 0.15) is 34.8 Å². The summed E-state index contributed by atoms with van der Waals surface area (Å²) in [6.45, 7) is 5.88. The molecule has 0 amide bonds. The molecule has 0 spiro atoms. The predicted molar refractivity (Wildman–Crippen MR) is 125 cm³/mol. The van der Waals surface area contributed by atoms with Crippen LogP contribution in [-0.4, -0.2) is 70.1 Å². The highest BCUT2D eigenvalue weighted by Crippen LogP contribution is 2.44. The van der Waals surface area contributed by atoms with Gasteiger partial charge >= 0.3 is 0 Å². The largest absolute Gasteiger partial charge is 0.488 e. The van der Waals surface area contributed by atoms with Crippen LogP contribution in [0.2, 0.25) is 0 Å². The Morgan fingerprint density at radius 2 is 2.06 bits per heavy atom. The lowest BCUT2D eigenvalue weighted by molar-refractivity contribution is 0.0616. The summed E-state index contributed by atoms with van der Waals surface area (Å²) in [5.74, 6) is -0.922. The first kappa shape index (κ1) is 24.0. The second-order valence-electron chi connectivity index (χ2n) is 9.45. The van der Waals surface area contributed by atoms with E-state index in [1.54, 1.807) is 22.7 Å². The van der Waals surface area contributed by atoms with Gasteiger partial charge in [0.15, 0.2) is 17.4 Å². The minimum atomic E-state index is -1.34. The number of nitrogens with one attached hydrogen (secondary N) is 1. The van der Waals surface area contributed by atoms with Crippen molar-refractivity contribution in [3.63, 3.8) is 0 Å². The summed E-state index contributed by atoms with van der Waals surface area (Å²) < 4.78 is 50.5. The number of nitrogens with zero attached hydrogens (tertiary/aromatic N) is 5. The summed E-state index contributed by atoms with van der Waals surface area (Å²) in [6.07, 6.45) is 0.609. The van der Waals surface area contributed by atoms with E-state index in [-0.39, 0.29) is 65.3 Å². The van der Waals surface area contributed by atoms with Gasteiger partial charge in [-0.1, -0.05) is 0 Å². The molecule has 2 aliphatic heterocycles. The third-order valence-electron chi connectivity index (χ3n) is 6.31. The first-order valence-electron chi connectivity index (χ1n) is 11.2. The van der Waals surface area contributed by atoms with E-state index in [1.165, 1.54) is 0 Å². The van der Waals surface area contributed by atoms with Crippen LogP contribution in [0.3, 0.4) is 0 Å². The lowest BCUT2D eigenvalue weighted by atomic mass is 10.0. The molecule has 35 heavy (non-hydrogen) atoms. The van der Waals surface area contributed by atoms with Crippen LogP contribution in [0.15, 0.2) is 12.3 Å². The number of β-amino-alcohol motifs (C(OH)–C–C–N with tert-alkyl or cyclic N) is 1. The Balaban J connectivity index is 1.59. The number of aromatic nitrogens is 4. The van der Waals surface area contributed by atoms with Crippen molar-refractivity contribution >= 4 is 28.8 Å². The van der Waals surface area contributed by atoms with Gasteiger partial charge < -0.3 is 24.8 Å². The fraction of sp³-hybridized carbons (Fsp3) is 0.500. The average Bonchev–Trinajstić information content (AvgIpc) is 3.23. The van der Waals surface area contributed by atoms with Gasteiger partial charge in [0, 0.05) is 13.1 Å². The number of imidazole rings is 1. The van der Waals surface area contributed by atoms with Crippen molar-refractivity contribution in [2.24, 2.45) is 0 Å². The zero-order valence-corrected chi connectivity index (χ0v) is 20.3. The van der Waals surface area contributed by atoms with Crippen LogP contribution >= 0.6 is 0 Å². The van der Waals surface area contributed by atoms with Crippen molar-refractivity contribution in [2.45, 2.75) is 51.0 Å². The van der Waals surface area contributed by atoms with Crippen molar-refractivity contribution in [1.82, 2.24) is 23.8 Å². The van der Waals surface area contributed by atoms with E-state index >= 15 is 4.39 Å². The molecule has 0 saturated carbocycles. The fourth-order valence-electron chi connectivity index (χ4n) is 4.61. The molecule has 0 radical (unpaired) electrons. The minimum Gasteiger partial charge on any atom is -0.488 e. The highest BCUT2D eigenvalue weighted by molar-refractivity contribution is 7.63. The molecule has 0 aliphatic carbocycles. The van der Waals surface area contributed by atoms with Gasteiger partial charge in [-0.25, -0.2) is 32.2 Å². The highest BCUT2D eigenvalue weighted by atomic mass is 32.2. The van der Waals surface area contributed by atoms with Crippen LogP contribution in [0.5, 0.6) is 5.75 Å². The Morgan fingerprint density at radius 1 is 1.29 bits per heavy atom. The quantitative estimate of drug-likeness (QED) is 0.384. The lowest BCUT2D eigenvalue weighted by Gasteiger charge is -2.33. The molecule has 5 rings (SSSR count). The summed E-state index contributed by atoms with van der Waals surface area (Å²) in [5, 5.41) is 24.0. The molecule has 1 fully saturated rings. The summed E-state index contributed by atoms with van der Waals surface area (Å²) in [5.41, 5.74) is -1.08. The Hall–Kier alpha value is -2.74. The normalized spacial score (nSPS) is 22.9. The molecule has 3 aromatic rings. The summed E-state index contributed by atoms with van der Waals surface area (Å²) in [6, 6.07) is 0.448. The molecule has 2 aliphatic rings. The Kier molecular flexibility index (Phi) is 5.98. The number of aliphatic hydroxyl groups is 2. The van der Waals surface area contributed by atoms with Crippen LogP contribution in [0.1, 0.15) is 39.1 Å². The molecule has 1 aromatic carbocycles. The number of halogens is 2. The molecule has 4 heterocycles. The smallest absolute Gasteiger partial charge is 0.223 e. The summed E-state index contributed by atoms with van der Waals surface area (Å²) in [4.78, 5) is 12.6. The second-order valence-corrected chi connectivity index (χ2v) is 10.2. The average molecular weight is 509 g/mol. The zero-order valence-electron chi connectivity index (χ0n) is 19.4. The summed E-state index contributed by atoms with van der Waals surface area (Å²) >= 11 is -0.161. The third kappa shape index (κ3) is 4.15. The molecule has 3 N–H and O–H groups in total. The Morgan fingerprint density at radius 3 is 2.74 bits per heavy atom. The van der Waals surface area contributed by atoms with Crippen LogP contribution in [-0.2, 0) is 17.5 Å². The standard InChI is InChI=1S/C22H26F2N6O4S/c1-10-9-34-19-11(6-12(23)17-18(19)30(10)20(27-17)22(2,3)32)16-13(24)7-25-21(28-16)26-14-4-5-29(35-33)8-15(14)31/h6-7,10,14-15,31-32,35H,4-5,8-9H2,1-3H3,(H,25,26,28)/t10-,14-,15-/m1/s1. The van der Waals surface area contributed by atoms with Gasteiger partial charge in [0.25, 0.3) is 0 Å². The first-order chi connectivity index (χ1) is 16.6. The number of rotatable bonds is 5. The number of hydrogen-bond donors (Lipinski definition) is 4. The molecule has 1 saturated heterocycles. The number of aliphatic hydroxyl groups excluding tert-OH is 1. The van der Waals surface area contributed by atoms with Gasteiger partial charge in [0.05, 0.1) is 41.8 Å². The van der Waals surface area contributed by atoms with E-state index in [9.17, 15) is 18.8 Å². The fourth-order valence-corrected chi connectivity index (χ4v) is 5.05. The van der Waals surface area contributed by atoms with Gasteiger partial charge in [0.2, 0.25) is 5.95 Å². The second kappa shape index (κ2) is 8.73. The number of benzene rings is 1. The van der Waals surface area contributed by atoms with Crippen LogP contribution < -0.4 is 10.1 Å². The molecule has 0 unspecified atom stereocenters. The van der Waals surface area contributed by atoms with Gasteiger partial charge in [-0.15, -0.1) is 0 Å². The van der Waals surface area contributed by atoms with Gasteiger partial charge in [-0.2, -0.15) is 0 Å². The molecule has 3 atom stereocenters. The molecule has 188 valence electrons. The summed E-state index contributed by atoms with van der Waals surface area (Å²) in [7, 11) is 0. The van der Waals surface area contributed by atoms with Crippen molar-refractivity contribution in [2.75, 3.05) is 25.0 Å². The van der Waals surface area contributed by atoms with Crippen molar-refractivity contribution < 1.29 is 27.9 Å². The van der Waals surface area contributed by atoms with E-state index < -0.39 is 29.4 Å². The number of anilines is 1. The number of thiol groups is 1. The van der Waals surface area contributed by atoms with Crippen molar-refractivity contribution in [3.8, 4) is 17.0 Å². The van der Waals surface area contributed by atoms with Crippen molar-refractivity contribution in [1.29, 1.82) is 0 Å². The zero-order chi connectivity index (χ0) is 25.1. The topological polar surface area (TPSA) is 126 Å². The maximum Gasteiger partial charge on any atom is 0.223 e. The number of hydrogen-bond acceptors (Lipinski definition) is 8. The van der Waals surface area contributed by atoms with Crippen LogP contribution in [0.4, 0.5) is 14.7 Å². The van der Waals surface area contributed by atoms with E-state index in [0.717, 1.165) is 12.3 Å². The number of ether oxygens (including phenoxy) is 1. The molecular weight excluding hydrogens is 482 g/mol. The van der Waals surface area contributed by atoms with E-state index in [1.807, 2.05) is 6.92 Å². The molecule has 2 aromatic heterocycles. The van der Waals surface area contributed by atoms with E-state index in [4.69, 9.17) is 4.74 Å². The molecule has 13 heteroatoms. The van der Waals surface area contributed by atoms with Crippen molar-refractivity contribution in [3.05, 3.63) is 29.7 Å². The Labute approximate surface area is 203 Å². The molecule has 0 bridgehead atoms. The minimum absolute atomic E-state index is 0.0211. The maximum atomic E-state index is 15.2. The monoisotopic (exact) mass is 508 g/mol. The third-order valence-corrected chi connectivity index (χ3v) is 6.91. The number of piperidine rings is 1. The SMILES string of the molecule is C[C@@H]1COc2c(-c3nc(N[C@@H]4CCN([SH]=O)C[C@H]4O)ncc3F)cc(F)c3nc(C(C)(C)O)n1c23. The van der Waals surface area contributed by atoms with Crippen LogP contribution in [0.25, 0.3) is 22.3 Å². The highest BCUT2D eigenvalue weighted by Gasteiger charge is 2.35. The lowest BCUT2D eigenvalue weighted by Crippen LogP contribution is -2.48. The first-order valence-corrected chi connectivity index (χ1v) is 12.0. The maximum absolute atomic E-state index is 15.2. The van der Waals surface area contributed by atoms with Crippen LogP contribution in [0, 0.1) is 11.6 Å².